The Morgan fingerprint density at radius 3 is 2.22 bits per heavy atom. The van der Waals surface area contributed by atoms with Gasteiger partial charge in [-0.1, -0.05) is 0 Å². The summed E-state index contributed by atoms with van der Waals surface area (Å²) in [5.74, 6) is -0.145. The highest BCUT2D eigenvalue weighted by Crippen LogP contribution is 1.83. The predicted octanol–water partition coefficient (Wildman–Crippen LogP) is -1.43. The van der Waals surface area contributed by atoms with E-state index >= 15 is 0 Å². The third kappa shape index (κ3) is 11.6. The Labute approximate surface area is 112 Å². The number of carbonyl (C=O) groups excluding carboxylic acids is 2. The van der Waals surface area contributed by atoms with E-state index in [0.29, 0.717) is 12.3 Å². The van der Waals surface area contributed by atoms with Gasteiger partial charge in [0.2, 0.25) is 0 Å². The molecule has 0 aromatic heterocycles. The van der Waals surface area contributed by atoms with E-state index in [0.717, 1.165) is 0 Å². The van der Waals surface area contributed by atoms with E-state index < -0.39 is 5.97 Å². The first kappa shape index (κ1) is 17.2. The minimum Gasteiger partial charge on any atom is -0.462 e. The number of nitrogens with one attached hydrogen (secondary N) is 1. The molecule has 0 aliphatic carbocycles. The van der Waals surface area contributed by atoms with Gasteiger partial charge in [0.05, 0.1) is 26.3 Å². The molecule has 0 aromatic carbocycles. The molecule has 106 valence electrons. The van der Waals surface area contributed by atoms with Gasteiger partial charge in [0.1, 0.15) is 13.2 Å². The molecule has 0 spiro atoms. The third-order valence-electron chi connectivity index (χ3n) is 1.71. The van der Waals surface area contributed by atoms with Crippen LogP contribution in [0.25, 0.3) is 0 Å². The van der Waals surface area contributed by atoms with Crippen LogP contribution in [0.2, 0.25) is 0 Å². The SMILES string of the molecule is NCC(=O)OCCOCCOC(=O)CNCCS. The molecule has 0 aliphatic heterocycles. The third-order valence-corrected chi connectivity index (χ3v) is 1.93. The number of thiol groups is 1. The van der Waals surface area contributed by atoms with Crippen LogP contribution in [-0.4, -0.2) is 63.8 Å². The standard InChI is InChI=1S/C10H20N2O5S/c11-7-9(13)16-4-2-15-3-5-17-10(14)8-12-1-6-18/h12,18H,1-8,11H2. The fraction of sp³-hybridized carbons (Fsp3) is 0.800. The van der Waals surface area contributed by atoms with Crippen LogP contribution < -0.4 is 11.1 Å². The topological polar surface area (TPSA) is 99.9 Å². The predicted molar refractivity (Wildman–Crippen MR) is 68.5 cm³/mol. The van der Waals surface area contributed by atoms with Crippen LogP contribution in [0.1, 0.15) is 0 Å². The highest BCUT2D eigenvalue weighted by molar-refractivity contribution is 7.80. The van der Waals surface area contributed by atoms with E-state index in [1.807, 2.05) is 0 Å². The van der Waals surface area contributed by atoms with Crippen molar-refractivity contribution in [3.63, 3.8) is 0 Å². The molecule has 0 unspecified atom stereocenters. The number of hydrogen-bond acceptors (Lipinski definition) is 8. The van der Waals surface area contributed by atoms with Crippen LogP contribution in [0.4, 0.5) is 0 Å². The Bertz CT molecular complexity index is 240. The zero-order valence-corrected chi connectivity index (χ0v) is 11.1. The number of carbonyl (C=O) groups is 2. The second-order valence-electron chi connectivity index (χ2n) is 3.16. The van der Waals surface area contributed by atoms with E-state index in [-0.39, 0.29) is 45.5 Å². The van der Waals surface area contributed by atoms with Crippen LogP contribution in [0.5, 0.6) is 0 Å². The number of esters is 2. The van der Waals surface area contributed by atoms with E-state index in [4.69, 9.17) is 15.2 Å². The van der Waals surface area contributed by atoms with E-state index in [9.17, 15) is 9.59 Å². The summed E-state index contributed by atoms with van der Waals surface area (Å²) in [6.07, 6.45) is 0. The largest absolute Gasteiger partial charge is 0.462 e. The smallest absolute Gasteiger partial charge is 0.320 e. The Balaban J connectivity index is 3.19. The second kappa shape index (κ2) is 12.6. The first-order chi connectivity index (χ1) is 8.70. The number of nitrogens with two attached hydrogens (primary N) is 1. The number of hydrogen-bond donors (Lipinski definition) is 3. The zero-order chi connectivity index (χ0) is 13.6. The molecule has 3 N–H and O–H groups in total. The van der Waals surface area contributed by atoms with Gasteiger partial charge in [-0.2, -0.15) is 12.6 Å². The highest BCUT2D eigenvalue weighted by atomic mass is 32.1. The summed E-state index contributed by atoms with van der Waals surface area (Å²) in [6, 6.07) is 0. The maximum absolute atomic E-state index is 11.1. The summed E-state index contributed by atoms with van der Waals surface area (Å²) in [5.41, 5.74) is 5.03. The average Bonchev–Trinajstić information content (AvgIpc) is 2.37. The van der Waals surface area contributed by atoms with Crippen LogP contribution in [0.3, 0.4) is 0 Å². The molecule has 0 bridgehead atoms. The lowest BCUT2D eigenvalue weighted by molar-refractivity contribution is -0.145. The molecule has 0 heterocycles. The summed E-state index contributed by atoms with van der Waals surface area (Å²) in [6.45, 7) is 1.51. The maximum Gasteiger partial charge on any atom is 0.320 e. The molecule has 0 amide bonds. The molecule has 0 radical (unpaired) electrons. The quantitative estimate of drug-likeness (QED) is 0.242. The van der Waals surface area contributed by atoms with Gasteiger partial charge >= 0.3 is 11.9 Å². The first-order valence-electron chi connectivity index (χ1n) is 5.61. The zero-order valence-electron chi connectivity index (χ0n) is 10.2. The lowest BCUT2D eigenvalue weighted by Crippen LogP contribution is -2.27. The van der Waals surface area contributed by atoms with Crippen molar-refractivity contribution in [2.24, 2.45) is 5.73 Å². The molecule has 0 saturated carbocycles. The Hall–Kier alpha value is -0.830. The van der Waals surface area contributed by atoms with Gasteiger partial charge in [-0.3, -0.25) is 9.59 Å². The van der Waals surface area contributed by atoms with Crippen molar-refractivity contribution in [3.05, 3.63) is 0 Å². The summed E-state index contributed by atoms with van der Waals surface area (Å²) < 4.78 is 14.6. The van der Waals surface area contributed by atoms with E-state index in [1.165, 1.54) is 0 Å². The first-order valence-corrected chi connectivity index (χ1v) is 6.24. The van der Waals surface area contributed by atoms with Crippen LogP contribution in [0.15, 0.2) is 0 Å². The fourth-order valence-electron chi connectivity index (χ4n) is 0.910. The molecule has 0 fully saturated rings. The van der Waals surface area contributed by atoms with Gasteiger partial charge in [-0.25, -0.2) is 0 Å². The minimum atomic E-state index is -0.472. The molecule has 0 saturated heterocycles. The van der Waals surface area contributed by atoms with Crippen molar-refractivity contribution in [1.82, 2.24) is 5.32 Å². The maximum atomic E-state index is 11.1. The summed E-state index contributed by atoms with van der Waals surface area (Å²) in [5, 5.41) is 2.85. The Kier molecular flexibility index (Phi) is 12.0. The van der Waals surface area contributed by atoms with Crippen molar-refractivity contribution >= 4 is 24.6 Å². The van der Waals surface area contributed by atoms with Gasteiger partial charge in [0.25, 0.3) is 0 Å². The average molecular weight is 280 g/mol. The van der Waals surface area contributed by atoms with E-state index in [1.54, 1.807) is 0 Å². The fourth-order valence-corrected chi connectivity index (χ4v) is 1.07. The van der Waals surface area contributed by atoms with Gasteiger partial charge in [-0.05, 0) is 0 Å². The lowest BCUT2D eigenvalue weighted by atomic mass is 10.6. The van der Waals surface area contributed by atoms with Crippen LogP contribution in [0, 0.1) is 0 Å². The molecule has 7 nitrogen and oxygen atoms in total. The summed E-state index contributed by atoms with van der Waals surface area (Å²) >= 11 is 3.98. The summed E-state index contributed by atoms with van der Waals surface area (Å²) in [7, 11) is 0. The second-order valence-corrected chi connectivity index (χ2v) is 3.61. The highest BCUT2D eigenvalue weighted by Gasteiger charge is 2.01. The molecule has 18 heavy (non-hydrogen) atoms. The van der Waals surface area contributed by atoms with Gasteiger partial charge in [0.15, 0.2) is 0 Å². The normalized spacial score (nSPS) is 10.1. The van der Waals surface area contributed by atoms with Gasteiger partial charge < -0.3 is 25.3 Å². The molecular formula is C10H20N2O5S. The lowest BCUT2D eigenvalue weighted by Gasteiger charge is -2.07. The van der Waals surface area contributed by atoms with Gasteiger partial charge in [-0.15, -0.1) is 0 Å². The molecule has 0 aromatic rings. The van der Waals surface area contributed by atoms with Crippen LogP contribution in [-0.2, 0) is 23.8 Å². The van der Waals surface area contributed by atoms with Crippen molar-refractivity contribution in [1.29, 1.82) is 0 Å². The minimum absolute atomic E-state index is 0.142. The number of ether oxygens (including phenoxy) is 3. The molecule has 8 heteroatoms. The van der Waals surface area contributed by atoms with Crippen molar-refractivity contribution in [3.8, 4) is 0 Å². The molecule has 0 aliphatic rings. The Morgan fingerprint density at radius 2 is 1.67 bits per heavy atom. The van der Waals surface area contributed by atoms with E-state index in [2.05, 4.69) is 22.7 Å². The molecule has 0 rings (SSSR count). The molecular weight excluding hydrogens is 260 g/mol. The molecule has 0 atom stereocenters. The van der Waals surface area contributed by atoms with Gasteiger partial charge in [0, 0.05) is 12.3 Å². The van der Waals surface area contributed by atoms with Crippen LogP contribution >= 0.6 is 12.6 Å². The Morgan fingerprint density at radius 1 is 1.06 bits per heavy atom. The van der Waals surface area contributed by atoms with Crippen molar-refractivity contribution < 1.29 is 23.8 Å². The van der Waals surface area contributed by atoms with Crippen molar-refractivity contribution in [2.45, 2.75) is 0 Å². The monoisotopic (exact) mass is 280 g/mol. The number of rotatable bonds is 11. The summed E-state index contributed by atoms with van der Waals surface area (Å²) in [4.78, 5) is 21.7. The van der Waals surface area contributed by atoms with Crippen molar-refractivity contribution in [2.75, 3.05) is 51.8 Å².